The van der Waals surface area contributed by atoms with E-state index in [-0.39, 0.29) is 17.9 Å². The van der Waals surface area contributed by atoms with E-state index in [0.717, 1.165) is 5.69 Å². The number of anilines is 2. The minimum absolute atomic E-state index is 0.140. The third-order valence-corrected chi connectivity index (χ3v) is 5.33. The first-order valence-electron chi connectivity index (χ1n) is 9.67. The largest absolute Gasteiger partial charge is 0.450 e. The van der Waals surface area contributed by atoms with Gasteiger partial charge in [-0.25, -0.2) is 4.79 Å². The van der Waals surface area contributed by atoms with Crippen LogP contribution in [0.4, 0.5) is 16.2 Å². The van der Waals surface area contributed by atoms with Crippen molar-refractivity contribution in [1.29, 1.82) is 0 Å². The summed E-state index contributed by atoms with van der Waals surface area (Å²) in [6.45, 7) is 3.79. The molecule has 1 aliphatic heterocycles. The molecule has 0 aromatic heterocycles. The van der Waals surface area contributed by atoms with Crippen LogP contribution >= 0.6 is 0 Å². The molecule has 3 amide bonds. The van der Waals surface area contributed by atoms with Gasteiger partial charge < -0.3 is 24.8 Å². The molecular weight excluding hydrogens is 360 g/mol. The summed E-state index contributed by atoms with van der Waals surface area (Å²) in [5.41, 5.74) is 0.753. The average molecular weight is 388 g/mol. The summed E-state index contributed by atoms with van der Waals surface area (Å²) in [6, 6.07) is 7.52. The molecule has 2 aliphatic rings. The monoisotopic (exact) mass is 388 g/mol. The molecule has 2 fully saturated rings. The number of rotatable bonds is 5. The van der Waals surface area contributed by atoms with Crippen LogP contribution in [0.2, 0.25) is 0 Å². The van der Waals surface area contributed by atoms with Crippen LogP contribution in [0, 0.1) is 5.41 Å². The first kappa shape index (κ1) is 20.0. The van der Waals surface area contributed by atoms with Crippen molar-refractivity contribution in [3.63, 3.8) is 0 Å². The fraction of sp³-hybridized carbons (Fsp3) is 0.550. The van der Waals surface area contributed by atoms with Crippen molar-refractivity contribution in [3.8, 4) is 0 Å². The normalized spacial score (nSPS) is 17.7. The van der Waals surface area contributed by atoms with Crippen molar-refractivity contribution in [3.05, 3.63) is 24.3 Å². The van der Waals surface area contributed by atoms with Gasteiger partial charge in [0.1, 0.15) is 5.41 Å². The van der Waals surface area contributed by atoms with E-state index in [2.05, 4.69) is 5.32 Å². The fourth-order valence-electron chi connectivity index (χ4n) is 3.37. The summed E-state index contributed by atoms with van der Waals surface area (Å²) in [5.74, 6) is -0.388. The second kappa shape index (κ2) is 8.08. The number of amides is 3. The fourth-order valence-corrected chi connectivity index (χ4v) is 3.37. The highest BCUT2D eigenvalue weighted by Crippen LogP contribution is 2.48. The molecule has 1 aliphatic carbocycles. The molecule has 1 saturated carbocycles. The molecule has 8 heteroatoms. The van der Waals surface area contributed by atoms with Gasteiger partial charge in [0.2, 0.25) is 11.8 Å². The lowest BCUT2D eigenvalue weighted by molar-refractivity contribution is -0.143. The van der Waals surface area contributed by atoms with Crippen molar-refractivity contribution >= 4 is 29.3 Å². The van der Waals surface area contributed by atoms with Gasteiger partial charge in [-0.15, -0.1) is 0 Å². The van der Waals surface area contributed by atoms with Gasteiger partial charge in [0.25, 0.3) is 0 Å². The van der Waals surface area contributed by atoms with Gasteiger partial charge in [-0.1, -0.05) is 0 Å². The van der Waals surface area contributed by atoms with Gasteiger partial charge >= 0.3 is 6.09 Å². The Hall–Kier alpha value is -2.77. The number of carbonyl (C=O) groups is 3. The number of hydrogen-bond donors (Lipinski definition) is 1. The van der Waals surface area contributed by atoms with Crippen LogP contribution in [-0.2, 0) is 14.3 Å². The number of benzene rings is 1. The average Bonchev–Trinajstić information content (AvgIpc) is 3.50. The predicted octanol–water partition coefficient (Wildman–Crippen LogP) is 1.77. The van der Waals surface area contributed by atoms with E-state index < -0.39 is 5.41 Å². The molecule has 0 unspecified atom stereocenters. The minimum Gasteiger partial charge on any atom is -0.450 e. The summed E-state index contributed by atoms with van der Waals surface area (Å²) in [4.78, 5) is 42.8. The van der Waals surface area contributed by atoms with E-state index in [1.54, 1.807) is 16.7 Å². The maximum atomic E-state index is 13.0. The van der Waals surface area contributed by atoms with Crippen LogP contribution in [0.1, 0.15) is 19.8 Å². The van der Waals surface area contributed by atoms with E-state index in [4.69, 9.17) is 4.74 Å². The smallest absolute Gasteiger partial charge is 0.409 e. The van der Waals surface area contributed by atoms with Crippen LogP contribution < -0.4 is 10.2 Å². The zero-order valence-corrected chi connectivity index (χ0v) is 16.7. The first-order valence-corrected chi connectivity index (χ1v) is 9.67. The van der Waals surface area contributed by atoms with E-state index >= 15 is 0 Å². The molecule has 8 nitrogen and oxygen atoms in total. The van der Waals surface area contributed by atoms with E-state index in [1.807, 2.05) is 43.3 Å². The van der Waals surface area contributed by atoms with Crippen molar-refractivity contribution in [2.75, 3.05) is 57.1 Å². The second-order valence-electron chi connectivity index (χ2n) is 7.46. The van der Waals surface area contributed by atoms with E-state index in [1.165, 1.54) is 0 Å². The number of piperazine rings is 1. The molecule has 1 aromatic rings. The zero-order valence-electron chi connectivity index (χ0n) is 16.7. The van der Waals surface area contributed by atoms with Crippen LogP contribution in [0.3, 0.4) is 0 Å². The lowest BCUT2D eigenvalue weighted by Gasteiger charge is -2.35. The van der Waals surface area contributed by atoms with Crippen molar-refractivity contribution < 1.29 is 19.1 Å². The van der Waals surface area contributed by atoms with Crippen molar-refractivity contribution in [1.82, 2.24) is 9.80 Å². The molecule has 0 bridgehead atoms. The number of nitrogens with one attached hydrogen (secondary N) is 1. The summed E-state index contributed by atoms with van der Waals surface area (Å²) in [7, 11) is 3.90. The van der Waals surface area contributed by atoms with E-state index in [9.17, 15) is 14.4 Å². The molecule has 0 atom stereocenters. The molecule has 3 rings (SSSR count). The Kier molecular flexibility index (Phi) is 5.76. The number of hydrogen-bond acceptors (Lipinski definition) is 5. The maximum Gasteiger partial charge on any atom is 0.409 e. The Morgan fingerprint density at radius 3 is 2.11 bits per heavy atom. The molecule has 0 spiro atoms. The molecule has 1 heterocycles. The number of nitrogens with zero attached hydrogens (tertiary/aromatic N) is 3. The highest BCUT2D eigenvalue weighted by Gasteiger charge is 2.58. The summed E-state index contributed by atoms with van der Waals surface area (Å²) < 4.78 is 5.00. The quantitative estimate of drug-likeness (QED) is 0.778. The Morgan fingerprint density at radius 1 is 1.04 bits per heavy atom. The third-order valence-electron chi connectivity index (χ3n) is 5.33. The number of ether oxygens (including phenoxy) is 1. The molecule has 1 aromatic carbocycles. The summed E-state index contributed by atoms with van der Waals surface area (Å²) in [6.07, 6.45) is 0.770. The second-order valence-corrected chi connectivity index (χ2v) is 7.46. The predicted molar refractivity (Wildman–Crippen MR) is 106 cm³/mol. The third kappa shape index (κ3) is 4.05. The van der Waals surface area contributed by atoms with Gasteiger partial charge in [0, 0.05) is 51.6 Å². The van der Waals surface area contributed by atoms with Crippen LogP contribution in [0.15, 0.2) is 24.3 Å². The lowest BCUT2D eigenvalue weighted by atomic mass is 10.0. The standard InChI is InChI=1S/C20H28N4O4/c1-4-28-19(27)24-13-11-23(12-14-24)18(26)20(9-10-20)17(25)21-15-5-7-16(8-6-15)22(2)3/h5-8H,4,9-14H2,1-3H3,(H,21,25). The molecule has 0 radical (unpaired) electrons. The highest BCUT2D eigenvalue weighted by molar-refractivity contribution is 6.13. The first-order chi connectivity index (χ1) is 13.4. The highest BCUT2D eigenvalue weighted by atomic mass is 16.6. The van der Waals surface area contributed by atoms with Gasteiger partial charge in [0.15, 0.2) is 0 Å². The molecule has 1 saturated heterocycles. The van der Waals surface area contributed by atoms with Crippen molar-refractivity contribution in [2.24, 2.45) is 5.41 Å². The van der Waals surface area contributed by atoms with Gasteiger partial charge in [-0.2, -0.15) is 0 Å². The van der Waals surface area contributed by atoms with Gasteiger partial charge in [0.05, 0.1) is 6.61 Å². The Bertz CT molecular complexity index is 735. The van der Waals surface area contributed by atoms with Crippen molar-refractivity contribution in [2.45, 2.75) is 19.8 Å². The van der Waals surface area contributed by atoms with Gasteiger partial charge in [-0.3, -0.25) is 9.59 Å². The summed E-state index contributed by atoms with van der Waals surface area (Å²) >= 11 is 0. The van der Waals surface area contributed by atoms with Crippen LogP contribution in [-0.4, -0.2) is 74.6 Å². The topological polar surface area (TPSA) is 82.2 Å². The molecule has 152 valence electrons. The minimum atomic E-state index is -0.966. The summed E-state index contributed by atoms with van der Waals surface area (Å²) in [5, 5.41) is 2.89. The lowest BCUT2D eigenvalue weighted by Crippen LogP contribution is -2.53. The van der Waals surface area contributed by atoms with Crippen LogP contribution in [0.25, 0.3) is 0 Å². The van der Waals surface area contributed by atoms with E-state index in [0.29, 0.717) is 51.3 Å². The SMILES string of the molecule is CCOC(=O)N1CCN(C(=O)C2(C(=O)Nc3ccc(N(C)C)cc3)CC2)CC1. The molecular formula is C20H28N4O4. The Balaban J connectivity index is 1.58. The molecule has 1 N–H and O–H groups in total. The van der Waals surface area contributed by atoms with Crippen LogP contribution in [0.5, 0.6) is 0 Å². The van der Waals surface area contributed by atoms with Gasteiger partial charge in [-0.05, 0) is 44.0 Å². The maximum absolute atomic E-state index is 13.0. The Labute approximate surface area is 165 Å². The Morgan fingerprint density at radius 2 is 1.61 bits per heavy atom. The zero-order chi connectivity index (χ0) is 20.3. The number of carbonyl (C=O) groups excluding carboxylic acids is 3. The molecule has 28 heavy (non-hydrogen) atoms.